The summed E-state index contributed by atoms with van der Waals surface area (Å²) in [7, 11) is 1.88. The fourth-order valence-corrected chi connectivity index (χ4v) is 2.18. The van der Waals surface area contributed by atoms with E-state index in [-0.39, 0.29) is 12.6 Å². The van der Waals surface area contributed by atoms with Crippen molar-refractivity contribution < 1.29 is 9.84 Å². The van der Waals surface area contributed by atoms with E-state index in [9.17, 15) is 0 Å². The number of ether oxygens (including phenoxy) is 1. The molecule has 0 saturated heterocycles. The van der Waals surface area contributed by atoms with Gasteiger partial charge < -0.3 is 15.6 Å². The third kappa shape index (κ3) is 3.94. The lowest BCUT2D eigenvalue weighted by molar-refractivity contribution is 0.207. The Labute approximate surface area is 113 Å². The zero-order valence-corrected chi connectivity index (χ0v) is 11.6. The second-order valence-corrected chi connectivity index (χ2v) is 4.49. The molecule has 0 aliphatic carbocycles. The smallest absolute Gasteiger partial charge is 0.119 e. The van der Waals surface area contributed by atoms with Gasteiger partial charge in [-0.15, -0.1) is 0 Å². The van der Waals surface area contributed by atoms with Gasteiger partial charge in [0.2, 0.25) is 0 Å². The largest absolute Gasteiger partial charge is 0.494 e. The average Bonchev–Trinajstić information content (AvgIpc) is 2.30. The number of likely N-dealkylation sites (N-methyl/N-ethyl adjacent to an activating group) is 1. The molecule has 0 aromatic heterocycles. The Balaban J connectivity index is 2.98. The predicted octanol–water partition coefficient (Wildman–Crippen LogP) is 1.34. The molecule has 0 fully saturated rings. The van der Waals surface area contributed by atoms with Gasteiger partial charge in [0.25, 0.3) is 0 Å². The highest BCUT2D eigenvalue weighted by Crippen LogP contribution is 2.23. The zero-order chi connectivity index (χ0) is 13.5. The SMILES string of the molecule is CCOc1cccc(C(C(N)=S)N(C)CCO)c1. The molecule has 0 aliphatic rings. The number of nitrogens with zero attached hydrogens (tertiary/aromatic N) is 1. The van der Waals surface area contributed by atoms with Crippen LogP contribution in [0.5, 0.6) is 5.75 Å². The number of benzene rings is 1. The van der Waals surface area contributed by atoms with Crippen molar-refractivity contribution in [2.75, 3.05) is 26.8 Å². The van der Waals surface area contributed by atoms with Crippen LogP contribution in [-0.4, -0.2) is 41.8 Å². The first kappa shape index (κ1) is 14.9. The predicted molar refractivity (Wildman–Crippen MR) is 76.9 cm³/mol. The van der Waals surface area contributed by atoms with Gasteiger partial charge in [-0.05, 0) is 31.7 Å². The van der Waals surface area contributed by atoms with Crippen molar-refractivity contribution in [1.82, 2.24) is 4.90 Å². The minimum absolute atomic E-state index is 0.0702. The van der Waals surface area contributed by atoms with E-state index in [1.165, 1.54) is 0 Å². The summed E-state index contributed by atoms with van der Waals surface area (Å²) in [4.78, 5) is 2.31. The van der Waals surface area contributed by atoms with Crippen molar-refractivity contribution in [3.63, 3.8) is 0 Å². The highest BCUT2D eigenvalue weighted by molar-refractivity contribution is 7.80. The molecular weight excluding hydrogens is 248 g/mol. The number of rotatable bonds is 7. The van der Waals surface area contributed by atoms with Crippen molar-refractivity contribution in [2.45, 2.75) is 13.0 Å². The fourth-order valence-electron chi connectivity index (χ4n) is 1.86. The molecule has 100 valence electrons. The van der Waals surface area contributed by atoms with E-state index >= 15 is 0 Å². The van der Waals surface area contributed by atoms with Gasteiger partial charge in [0.05, 0.1) is 24.2 Å². The number of thiocarbonyl (C=S) groups is 1. The normalized spacial score (nSPS) is 12.4. The van der Waals surface area contributed by atoms with Crippen molar-refractivity contribution in [3.8, 4) is 5.75 Å². The number of hydrogen-bond acceptors (Lipinski definition) is 4. The van der Waals surface area contributed by atoms with E-state index in [0.717, 1.165) is 11.3 Å². The molecule has 0 heterocycles. The topological polar surface area (TPSA) is 58.7 Å². The first-order valence-corrected chi connectivity index (χ1v) is 6.34. The molecule has 18 heavy (non-hydrogen) atoms. The second kappa shape index (κ2) is 7.31. The molecule has 1 rings (SSSR count). The third-order valence-corrected chi connectivity index (χ3v) is 2.87. The summed E-state index contributed by atoms with van der Waals surface area (Å²) in [6.07, 6.45) is 0. The monoisotopic (exact) mass is 268 g/mol. The first-order valence-electron chi connectivity index (χ1n) is 5.93. The van der Waals surface area contributed by atoms with E-state index in [0.29, 0.717) is 18.1 Å². The summed E-state index contributed by atoms with van der Waals surface area (Å²) < 4.78 is 5.46. The van der Waals surface area contributed by atoms with E-state index in [1.807, 2.05) is 43.1 Å². The maximum atomic E-state index is 9.00. The van der Waals surface area contributed by atoms with Gasteiger partial charge in [-0.2, -0.15) is 0 Å². The summed E-state index contributed by atoms with van der Waals surface area (Å²) in [5.74, 6) is 0.800. The molecule has 1 aromatic rings. The Morgan fingerprint density at radius 3 is 2.83 bits per heavy atom. The van der Waals surface area contributed by atoms with Crippen LogP contribution in [0.25, 0.3) is 0 Å². The lowest BCUT2D eigenvalue weighted by Gasteiger charge is -2.27. The van der Waals surface area contributed by atoms with Gasteiger partial charge in [0, 0.05) is 6.54 Å². The van der Waals surface area contributed by atoms with Crippen LogP contribution in [0.15, 0.2) is 24.3 Å². The Morgan fingerprint density at radius 1 is 1.56 bits per heavy atom. The number of hydrogen-bond donors (Lipinski definition) is 2. The molecule has 0 amide bonds. The third-order valence-electron chi connectivity index (χ3n) is 2.65. The molecule has 0 aliphatic heterocycles. The van der Waals surface area contributed by atoms with Crippen LogP contribution in [0.3, 0.4) is 0 Å². The number of aliphatic hydroxyl groups excluding tert-OH is 1. The summed E-state index contributed by atoms with van der Waals surface area (Å²) in [5.41, 5.74) is 6.77. The standard InChI is InChI=1S/C13H20N2O2S/c1-3-17-11-6-4-5-10(9-11)12(13(14)18)15(2)7-8-16/h4-6,9,12,16H,3,7-8H2,1-2H3,(H2,14,18). The molecule has 0 saturated carbocycles. The zero-order valence-electron chi connectivity index (χ0n) is 10.8. The van der Waals surface area contributed by atoms with Gasteiger partial charge in [-0.1, -0.05) is 24.4 Å². The summed E-state index contributed by atoms with van der Waals surface area (Å²) in [5, 5.41) is 9.00. The van der Waals surface area contributed by atoms with Gasteiger partial charge in [0.15, 0.2) is 0 Å². The average molecular weight is 268 g/mol. The van der Waals surface area contributed by atoms with Crippen LogP contribution in [-0.2, 0) is 0 Å². The van der Waals surface area contributed by atoms with Gasteiger partial charge in [0.1, 0.15) is 5.75 Å². The highest BCUT2D eigenvalue weighted by atomic mass is 32.1. The van der Waals surface area contributed by atoms with Crippen molar-refractivity contribution in [2.24, 2.45) is 5.73 Å². The molecule has 5 heteroatoms. The van der Waals surface area contributed by atoms with Gasteiger partial charge >= 0.3 is 0 Å². The summed E-state index contributed by atoms with van der Waals surface area (Å²) >= 11 is 5.11. The Kier molecular flexibility index (Phi) is 6.04. The minimum Gasteiger partial charge on any atom is -0.494 e. The molecule has 3 N–H and O–H groups in total. The lowest BCUT2D eigenvalue weighted by Crippen LogP contribution is -2.35. The van der Waals surface area contributed by atoms with Crippen molar-refractivity contribution in [1.29, 1.82) is 0 Å². The van der Waals surface area contributed by atoms with Crippen LogP contribution >= 0.6 is 12.2 Å². The van der Waals surface area contributed by atoms with Crippen LogP contribution < -0.4 is 10.5 Å². The minimum atomic E-state index is -0.187. The van der Waals surface area contributed by atoms with E-state index in [2.05, 4.69) is 0 Å². The van der Waals surface area contributed by atoms with Gasteiger partial charge in [-0.25, -0.2) is 0 Å². The van der Waals surface area contributed by atoms with Gasteiger partial charge in [-0.3, -0.25) is 4.90 Å². The maximum Gasteiger partial charge on any atom is 0.119 e. The Morgan fingerprint density at radius 2 is 2.28 bits per heavy atom. The maximum absolute atomic E-state index is 9.00. The van der Waals surface area contributed by atoms with E-state index in [4.69, 9.17) is 27.8 Å². The van der Waals surface area contributed by atoms with Crippen LogP contribution in [0, 0.1) is 0 Å². The van der Waals surface area contributed by atoms with Crippen LogP contribution in [0.2, 0.25) is 0 Å². The molecule has 0 spiro atoms. The van der Waals surface area contributed by atoms with E-state index in [1.54, 1.807) is 0 Å². The first-order chi connectivity index (χ1) is 8.60. The highest BCUT2D eigenvalue weighted by Gasteiger charge is 2.19. The molecular formula is C13H20N2O2S. The summed E-state index contributed by atoms with van der Waals surface area (Å²) in [6.45, 7) is 3.14. The molecule has 1 atom stereocenters. The summed E-state index contributed by atoms with van der Waals surface area (Å²) in [6, 6.07) is 7.52. The number of nitrogens with two attached hydrogens (primary N) is 1. The van der Waals surface area contributed by atoms with Crippen LogP contribution in [0.4, 0.5) is 0 Å². The quantitative estimate of drug-likeness (QED) is 0.731. The van der Waals surface area contributed by atoms with Crippen molar-refractivity contribution in [3.05, 3.63) is 29.8 Å². The van der Waals surface area contributed by atoms with E-state index < -0.39 is 0 Å². The van der Waals surface area contributed by atoms with Crippen LogP contribution in [0.1, 0.15) is 18.5 Å². The number of aliphatic hydroxyl groups is 1. The molecule has 1 unspecified atom stereocenters. The molecule has 1 aromatic carbocycles. The fraction of sp³-hybridized carbons (Fsp3) is 0.462. The molecule has 0 radical (unpaired) electrons. The van der Waals surface area contributed by atoms with Crippen molar-refractivity contribution >= 4 is 17.2 Å². The molecule has 4 nitrogen and oxygen atoms in total. The Hall–Kier alpha value is -1.17. The lowest BCUT2D eigenvalue weighted by atomic mass is 10.1. The molecule has 0 bridgehead atoms. The Bertz CT molecular complexity index is 398. The second-order valence-electron chi connectivity index (χ2n) is 4.01.